The molecular formula is C27H32N2O4. The molecule has 0 aromatic heterocycles. The van der Waals surface area contributed by atoms with Crippen molar-refractivity contribution in [3.8, 4) is 5.75 Å². The van der Waals surface area contributed by atoms with Gasteiger partial charge in [-0.3, -0.25) is 4.79 Å². The average molecular weight is 449 g/mol. The van der Waals surface area contributed by atoms with E-state index in [1.807, 2.05) is 61.5 Å². The lowest BCUT2D eigenvalue weighted by atomic mass is 10.0. The fraction of sp³-hybridized carbons (Fsp3) is 0.296. The summed E-state index contributed by atoms with van der Waals surface area (Å²) in [6.07, 6.45) is 0.385. The van der Waals surface area contributed by atoms with Gasteiger partial charge in [-0.15, -0.1) is 0 Å². The molecule has 3 aromatic carbocycles. The van der Waals surface area contributed by atoms with Crippen LogP contribution in [0.3, 0.4) is 0 Å². The molecule has 0 bridgehead atoms. The Morgan fingerprint density at radius 2 is 1.64 bits per heavy atom. The van der Waals surface area contributed by atoms with Crippen LogP contribution in [0.1, 0.15) is 40.8 Å². The Kier molecular flexibility index (Phi) is 9.01. The summed E-state index contributed by atoms with van der Waals surface area (Å²) in [7, 11) is 0. The molecule has 3 rings (SSSR count). The second-order valence-corrected chi connectivity index (χ2v) is 8.33. The van der Waals surface area contributed by atoms with Crippen LogP contribution in [0.25, 0.3) is 0 Å². The molecule has 6 nitrogen and oxygen atoms in total. The third kappa shape index (κ3) is 7.71. The number of rotatable bonds is 11. The summed E-state index contributed by atoms with van der Waals surface area (Å²) in [6.45, 7) is 2.66. The maximum Gasteiger partial charge on any atom is 0.224 e. The quantitative estimate of drug-likeness (QED) is 0.310. The fourth-order valence-electron chi connectivity index (χ4n) is 3.63. The minimum atomic E-state index is -0.741. The summed E-state index contributed by atoms with van der Waals surface area (Å²) in [5.74, 6) is 0.0149. The van der Waals surface area contributed by atoms with E-state index in [9.17, 15) is 20.1 Å². The van der Waals surface area contributed by atoms with Gasteiger partial charge in [0.15, 0.2) is 0 Å². The first-order valence-corrected chi connectivity index (χ1v) is 11.2. The molecule has 0 radical (unpaired) electrons. The first-order chi connectivity index (χ1) is 15.9. The van der Waals surface area contributed by atoms with Crippen molar-refractivity contribution in [1.29, 1.82) is 0 Å². The molecule has 0 aliphatic rings. The van der Waals surface area contributed by atoms with E-state index in [0.29, 0.717) is 30.6 Å². The maximum atomic E-state index is 12.2. The van der Waals surface area contributed by atoms with E-state index in [1.54, 1.807) is 12.1 Å². The first kappa shape index (κ1) is 24.5. The largest absolute Gasteiger partial charge is 0.508 e. The Bertz CT molecular complexity index is 1020. The van der Waals surface area contributed by atoms with Crippen LogP contribution in [0.2, 0.25) is 0 Å². The van der Waals surface area contributed by atoms with Crippen molar-refractivity contribution in [2.45, 2.75) is 45.1 Å². The number of carbonyl (C=O) groups is 1. The highest BCUT2D eigenvalue weighted by Crippen LogP contribution is 2.22. The molecule has 0 fully saturated rings. The minimum absolute atomic E-state index is 0.00536. The topological polar surface area (TPSA) is 102 Å². The van der Waals surface area contributed by atoms with Gasteiger partial charge in [0, 0.05) is 24.7 Å². The third-order valence-corrected chi connectivity index (χ3v) is 5.58. The van der Waals surface area contributed by atoms with Crippen LogP contribution in [0, 0.1) is 0 Å². The normalized spacial score (nSPS) is 12.8. The van der Waals surface area contributed by atoms with Crippen molar-refractivity contribution in [3.63, 3.8) is 0 Å². The summed E-state index contributed by atoms with van der Waals surface area (Å²) >= 11 is 0. The van der Waals surface area contributed by atoms with Crippen molar-refractivity contribution in [2.75, 3.05) is 6.54 Å². The zero-order valence-corrected chi connectivity index (χ0v) is 18.9. The summed E-state index contributed by atoms with van der Waals surface area (Å²) in [4.78, 5) is 12.2. The number of amides is 1. The Hall–Kier alpha value is -3.19. The number of carbonyl (C=O) groups excluding carboxylic acids is 1. The van der Waals surface area contributed by atoms with Crippen molar-refractivity contribution >= 4 is 5.91 Å². The summed E-state index contributed by atoms with van der Waals surface area (Å²) in [5.41, 5.74) is 4.23. The Balaban J connectivity index is 1.42. The summed E-state index contributed by atoms with van der Waals surface area (Å²) in [6, 6.07) is 22.7. The molecule has 0 unspecified atom stereocenters. The number of hydrogen-bond donors (Lipinski definition) is 5. The van der Waals surface area contributed by atoms with E-state index in [4.69, 9.17) is 0 Å². The van der Waals surface area contributed by atoms with Crippen LogP contribution >= 0.6 is 0 Å². The zero-order valence-electron chi connectivity index (χ0n) is 18.9. The van der Waals surface area contributed by atoms with E-state index in [1.165, 1.54) is 6.07 Å². The second-order valence-electron chi connectivity index (χ2n) is 8.33. The SMILES string of the molecule is C[C@H](Cc1ccc(CC(=O)NCc2ccccc2)cc1)NC[C@@H](O)c1ccc(O)c(CO)c1. The lowest BCUT2D eigenvalue weighted by molar-refractivity contribution is -0.120. The van der Waals surface area contributed by atoms with Crippen molar-refractivity contribution < 1.29 is 20.1 Å². The van der Waals surface area contributed by atoms with Crippen LogP contribution in [-0.4, -0.2) is 33.8 Å². The average Bonchev–Trinajstić information content (AvgIpc) is 2.83. The lowest BCUT2D eigenvalue weighted by Gasteiger charge is -2.18. The highest BCUT2D eigenvalue weighted by Gasteiger charge is 2.12. The van der Waals surface area contributed by atoms with Crippen LogP contribution in [-0.2, 0) is 30.8 Å². The summed E-state index contributed by atoms with van der Waals surface area (Å²) in [5, 5.41) is 35.6. The number of aromatic hydroxyl groups is 1. The van der Waals surface area contributed by atoms with Crippen molar-refractivity contribution in [1.82, 2.24) is 10.6 Å². The Labute approximate surface area is 194 Å². The van der Waals surface area contributed by atoms with Crippen LogP contribution in [0.4, 0.5) is 0 Å². The molecule has 0 aliphatic heterocycles. The van der Waals surface area contributed by atoms with E-state index in [-0.39, 0.29) is 24.3 Å². The molecule has 174 valence electrons. The molecule has 1 amide bonds. The number of benzene rings is 3. The molecule has 0 saturated carbocycles. The van der Waals surface area contributed by atoms with Crippen LogP contribution in [0.15, 0.2) is 72.8 Å². The van der Waals surface area contributed by atoms with Gasteiger partial charge in [0.05, 0.1) is 19.1 Å². The van der Waals surface area contributed by atoms with Gasteiger partial charge in [-0.25, -0.2) is 0 Å². The molecule has 33 heavy (non-hydrogen) atoms. The zero-order chi connectivity index (χ0) is 23.6. The molecule has 0 heterocycles. The maximum absolute atomic E-state index is 12.2. The Morgan fingerprint density at radius 1 is 0.939 bits per heavy atom. The predicted molar refractivity (Wildman–Crippen MR) is 129 cm³/mol. The molecule has 5 N–H and O–H groups in total. The molecule has 0 aliphatic carbocycles. The molecule has 2 atom stereocenters. The van der Waals surface area contributed by atoms with Gasteiger partial charge < -0.3 is 26.0 Å². The molecule has 6 heteroatoms. The number of aliphatic hydroxyl groups excluding tert-OH is 2. The number of phenols is 1. The minimum Gasteiger partial charge on any atom is -0.508 e. The second kappa shape index (κ2) is 12.2. The first-order valence-electron chi connectivity index (χ1n) is 11.2. The van der Waals surface area contributed by atoms with Crippen LogP contribution in [0.5, 0.6) is 5.75 Å². The smallest absolute Gasteiger partial charge is 0.224 e. The van der Waals surface area contributed by atoms with Gasteiger partial charge in [0.1, 0.15) is 5.75 Å². The van der Waals surface area contributed by atoms with Crippen LogP contribution < -0.4 is 10.6 Å². The Morgan fingerprint density at radius 3 is 2.33 bits per heavy atom. The van der Waals surface area contributed by atoms with Gasteiger partial charge in [-0.2, -0.15) is 0 Å². The van der Waals surface area contributed by atoms with Gasteiger partial charge in [-0.05, 0) is 47.7 Å². The molecular weight excluding hydrogens is 416 g/mol. The third-order valence-electron chi connectivity index (χ3n) is 5.58. The monoisotopic (exact) mass is 448 g/mol. The van der Waals surface area contributed by atoms with E-state index >= 15 is 0 Å². The van der Waals surface area contributed by atoms with E-state index in [2.05, 4.69) is 10.6 Å². The van der Waals surface area contributed by atoms with Crippen molar-refractivity contribution in [2.24, 2.45) is 0 Å². The lowest BCUT2D eigenvalue weighted by Crippen LogP contribution is -2.32. The molecule has 0 spiro atoms. The van der Waals surface area contributed by atoms with Gasteiger partial charge in [-0.1, -0.05) is 60.7 Å². The van der Waals surface area contributed by atoms with E-state index < -0.39 is 6.10 Å². The van der Waals surface area contributed by atoms with Crippen molar-refractivity contribution in [3.05, 3.63) is 101 Å². The molecule has 3 aromatic rings. The predicted octanol–water partition coefficient (Wildman–Crippen LogP) is 3.00. The summed E-state index contributed by atoms with van der Waals surface area (Å²) < 4.78 is 0. The number of hydrogen-bond acceptors (Lipinski definition) is 5. The fourth-order valence-corrected chi connectivity index (χ4v) is 3.63. The number of nitrogens with one attached hydrogen (secondary N) is 2. The van der Waals surface area contributed by atoms with Gasteiger partial charge in [0.25, 0.3) is 0 Å². The standard InChI is InChI=1S/C27H32N2O4/c1-19(28-17-26(32)23-11-12-25(31)24(15-23)18-30)13-20-7-9-21(10-8-20)14-27(33)29-16-22-5-3-2-4-6-22/h2-12,15,19,26,28,30-32H,13-14,16-18H2,1H3,(H,29,33)/t19-,26-/m1/s1. The highest BCUT2D eigenvalue weighted by atomic mass is 16.3. The van der Waals surface area contributed by atoms with E-state index in [0.717, 1.165) is 23.1 Å². The highest BCUT2D eigenvalue weighted by molar-refractivity contribution is 5.78. The number of aliphatic hydroxyl groups is 2. The van der Waals surface area contributed by atoms with Gasteiger partial charge in [0.2, 0.25) is 5.91 Å². The molecule has 0 saturated heterocycles. The van der Waals surface area contributed by atoms with Gasteiger partial charge >= 0.3 is 0 Å².